The van der Waals surface area contributed by atoms with E-state index in [1.807, 2.05) is 0 Å². The molecule has 0 aromatic carbocycles. The van der Waals surface area contributed by atoms with E-state index in [1.165, 1.54) is 15.7 Å². The van der Waals surface area contributed by atoms with Gasteiger partial charge in [0.1, 0.15) is 11.8 Å². The molecule has 2 saturated heterocycles. The second kappa shape index (κ2) is 6.02. The SMILES string of the molecule is CNC(=O)[C@@H]1CCCN1S(=O)(=O)N1CCC[C@H]1c1ccco1. The molecule has 1 aromatic rings. The smallest absolute Gasteiger partial charge is 0.283 e. The lowest BCUT2D eigenvalue weighted by molar-refractivity contribution is -0.123. The Bertz CT molecular complexity index is 629. The Balaban J connectivity index is 1.87. The zero-order valence-corrected chi connectivity index (χ0v) is 13.4. The van der Waals surface area contributed by atoms with Gasteiger partial charge >= 0.3 is 0 Å². The molecule has 0 saturated carbocycles. The van der Waals surface area contributed by atoms with Crippen molar-refractivity contribution < 1.29 is 17.6 Å². The van der Waals surface area contributed by atoms with Crippen LogP contribution in [0.25, 0.3) is 0 Å². The number of hydrogen-bond acceptors (Lipinski definition) is 4. The van der Waals surface area contributed by atoms with Crippen LogP contribution in [0.2, 0.25) is 0 Å². The number of likely N-dealkylation sites (N-methyl/N-ethyl adjacent to an activating group) is 1. The van der Waals surface area contributed by atoms with E-state index in [9.17, 15) is 13.2 Å². The molecular weight excluding hydrogens is 306 g/mol. The number of amides is 1. The maximum absolute atomic E-state index is 13.0. The lowest BCUT2D eigenvalue weighted by Gasteiger charge is -2.30. The summed E-state index contributed by atoms with van der Waals surface area (Å²) in [7, 11) is -2.14. The van der Waals surface area contributed by atoms with Gasteiger partial charge < -0.3 is 9.73 Å². The average molecular weight is 327 g/mol. The molecule has 0 radical (unpaired) electrons. The van der Waals surface area contributed by atoms with Crippen LogP contribution in [0.1, 0.15) is 37.5 Å². The molecule has 2 atom stereocenters. The number of carbonyl (C=O) groups excluding carboxylic acids is 1. The first-order valence-corrected chi connectivity index (χ1v) is 8.99. The van der Waals surface area contributed by atoms with Crippen molar-refractivity contribution in [3.63, 3.8) is 0 Å². The maximum Gasteiger partial charge on any atom is 0.283 e. The fourth-order valence-electron chi connectivity index (χ4n) is 3.36. The van der Waals surface area contributed by atoms with E-state index in [-0.39, 0.29) is 11.9 Å². The summed E-state index contributed by atoms with van der Waals surface area (Å²) in [6, 6.07) is 2.69. The number of nitrogens with one attached hydrogen (secondary N) is 1. The second-order valence-corrected chi connectivity index (χ2v) is 7.51. The molecule has 3 heterocycles. The predicted octanol–water partition coefficient (Wildman–Crippen LogP) is 0.872. The largest absolute Gasteiger partial charge is 0.468 e. The van der Waals surface area contributed by atoms with Crippen molar-refractivity contribution in [1.29, 1.82) is 0 Å². The quantitative estimate of drug-likeness (QED) is 0.889. The first kappa shape index (κ1) is 15.5. The summed E-state index contributed by atoms with van der Waals surface area (Å²) < 4.78 is 34.2. The summed E-state index contributed by atoms with van der Waals surface area (Å²) in [5.74, 6) is 0.423. The van der Waals surface area contributed by atoms with Crippen LogP contribution >= 0.6 is 0 Å². The number of furan rings is 1. The van der Waals surface area contributed by atoms with E-state index in [2.05, 4.69) is 5.32 Å². The lowest BCUT2D eigenvalue weighted by atomic mass is 10.2. The van der Waals surface area contributed by atoms with Crippen molar-refractivity contribution in [1.82, 2.24) is 13.9 Å². The Morgan fingerprint density at radius 2 is 2.00 bits per heavy atom. The molecule has 1 aromatic heterocycles. The van der Waals surface area contributed by atoms with Gasteiger partial charge in [0.15, 0.2) is 0 Å². The van der Waals surface area contributed by atoms with Crippen LogP contribution in [0.15, 0.2) is 22.8 Å². The molecule has 0 aliphatic carbocycles. The van der Waals surface area contributed by atoms with Crippen LogP contribution in [0.5, 0.6) is 0 Å². The molecule has 1 amide bonds. The second-order valence-electron chi connectivity index (χ2n) is 5.67. The normalized spacial score (nSPS) is 27.3. The van der Waals surface area contributed by atoms with Gasteiger partial charge in [-0.1, -0.05) is 0 Å². The van der Waals surface area contributed by atoms with Gasteiger partial charge in [0.2, 0.25) is 5.91 Å². The fourth-order valence-corrected chi connectivity index (χ4v) is 5.40. The van der Waals surface area contributed by atoms with Crippen LogP contribution in [0.4, 0.5) is 0 Å². The minimum absolute atomic E-state index is 0.241. The summed E-state index contributed by atoms with van der Waals surface area (Å²) in [6.07, 6.45) is 4.37. The number of nitrogens with zero attached hydrogens (tertiary/aromatic N) is 2. The standard InChI is InChI=1S/C14H21N3O4S/c1-15-14(18)12-6-3-9-17(12)22(19,20)16-8-2-5-11(16)13-7-4-10-21-13/h4,7,10-12H,2-3,5-6,8-9H2,1H3,(H,15,18)/t11-,12-/m0/s1. The maximum atomic E-state index is 13.0. The van der Waals surface area contributed by atoms with E-state index >= 15 is 0 Å². The first-order chi connectivity index (χ1) is 10.6. The Hall–Kier alpha value is -1.38. The highest BCUT2D eigenvalue weighted by molar-refractivity contribution is 7.86. The predicted molar refractivity (Wildman–Crippen MR) is 80.1 cm³/mol. The van der Waals surface area contributed by atoms with Gasteiger partial charge in [0.05, 0.1) is 12.3 Å². The fraction of sp³-hybridized carbons (Fsp3) is 0.643. The van der Waals surface area contributed by atoms with Crippen molar-refractivity contribution in [2.24, 2.45) is 0 Å². The topological polar surface area (TPSA) is 82.9 Å². The molecule has 2 fully saturated rings. The molecule has 1 N–H and O–H groups in total. The Labute approximate surface area is 130 Å². The first-order valence-electron chi connectivity index (χ1n) is 7.59. The third-order valence-corrected chi connectivity index (χ3v) is 6.48. The van der Waals surface area contributed by atoms with Gasteiger partial charge in [-0.05, 0) is 37.8 Å². The molecule has 0 unspecified atom stereocenters. The minimum atomic E-state index is -3.67. The van der Waals surface area contributed by atoms with Crippen LogP contribution in [0, 0.1) is 0 Å². The summed E-state index contributed by atoms with van der Waals surface area (Å²) in [4.78, 5) is 11.9. The molecule has 2 aliphatic heterocycles. The Kier molecular flexibility index (Phi) is 4.24. The van der Waals surface area contributed by atoms with Crippen molar-refractivity contribution in [2.75, 3.05) is 20.1 Å². The van der Waals surface area contributed by atoms with Crippen molar-refractivity contribution >= 4 is 16.1 Å². The van der Waals surface area contributed by atoms with Gasteiger partial charge in [0.25, 0.3) is 10.2 Å². The zero-order valence-electron chi connectivity index (χ0n) is 12.6. The minimum Gasteiger partial charge on any atom is -0.468 e. The summed E-state index contributed by atoms with van der Waals surface area (Å²) >= 11 is 0. The Morgan fingerprint density at radius 1 is 1.27 bits per heavy atom. The molecule has 8 heteroatoms. The van der Waals surface area contributed by atoms with Crippen LogP contribution in [0.3, 0.4) is 0 Å². The van der Waals surface area contributed by atoms with E-state index in [0.717, 1.165) is 12.8 Å². The van der Waals surface area contributed by atoms with E-state index in [1.54, 1.807) is 18.4 Å². The van der Waals surface area contributed by atoms with Crippen LogP contribution in [-0.2, 0) is 15.0 Å². The summed E-state index contributed by atoms with van der Waals surface area (Å²) in [6.45, 7) is 0.854. The third kappa shape index (κ3) is 2.55. The highest BCUT2D eigenvalue weighted by Crippen LogP contribution is 2.37. The van der Waals surface area contributed by atoms with Crippen molar-refractivity contribution in [3.05, 3.63) is 24.2 Å². The zero-order chi connectivity index (χ0) is 15.7. The van der Waals surface area contributed by atoms with E-state index < -0.39 is 16.3 Å². The molecule has 3 rings (SSSR count). The molecular formula is C14H21N3O4S. The van der Waals surface area contributed by atoms with Crippen LogP contribution < -0.4 is 5.32 Å². The molecule has 7 nitrogen and oxygen atoms in total. The van der Waals surface area contributed by atoms with Gasteiger partial charge in [0, 0.05) is 20.1 Å². The molecule has 0 spiro atoms. The Morgan fingerprint density at radius 3 is 2.68 bits per heavy atom. The van der Waals surface area contributed by atoms with E-state index in [0.29, 0.717) is 31.7 Å². The molecule has 0 bridgehead atoms. The van der Waals surface area contributed by atoms with Crippen LogP contribution in [-0.4, -0.2) is 49.1 Å². The van der Waals surface area contributed by atoms with Crippen molar-refractivity contribution in [3.8, 4) is 0 Å². The highest BCUT2D eigenvalue weighted by atomic mass is 32.2. The average Bonchev–Trinajstić information content (AvgIpc) is 3.25. The third-order valence-electron chi connectivity index (χ3n) is 4.42. The van der Waals surface area contributed by atoms with Gasteiger partial charge in [-0.25, -0.2) is 0 Å². The van der Waals surface area contributed by atoms with Crippen molar-refractivity contribution in [2.45, 2.75) is 37.8 Å². The molecule has 2 aliphatic rings. The van der Waals surface area contributed by atoms with Gasteiger partial charge in [-0.2, -0.15) is 17.0 Å². The summed E-state index contributed by atoms with van der Waals surface area (Å²) in [5.41, 5.74) is 0. The lowest BCUT2D eigenvalue weighted by Crippen LogP contribution is -2.50. The number of carbonyl (C=O) groups is 1. The van der Waals surface area contributed by atoms with E-state index in [4.69, 9.17) is 4.42 Å². The monoisotopic (exact) mass is 327 g/mol. The number of hydrogen-bond donors (Lipinski definition) is 1. The molecule has 22 heavy (non-hydrogen) atoms. The highest BCUT2D eigenvalue weighted by Gasteiger charge is 2.45. The molecule has 122 valence electrons. The van der Waals surface area contributed by atoms with Gasteiger partial charge in [-0.3, -0.25) is 4.79 Å². The van der Waals surface area contributed by atoms with Gasteiger partial charge in [-0.15, -0.1) is 0 Å². The summed E-state index contributed by atoms with van der Waals surface area (Å²) in [5, 5.41) is 2.56. The number of rotatable bonds is 4.